The van der Waals surface area contributed by atoms with Gasteiger partial charge in [-0.15, -0.1) is 11.3 Å². The lowest BCUT2D eigenvalue weighted by atomic mass is 9.83. The van der Waals surface area contributed by atoms with Crippen molar-refractivity contribution >= 4 is 27.3 Å². The molecule has 2 atom stereocenters. The Morgan fingerprint density at radius 2 is 1.94 bits per heavy atom. The summed E-state index contributed by atoms with van der Waals surface area (Å²) in [6, 6.07) is 4.46. The first kappa shape index (κ1) is 14.2. The molecule has 0 aliphatic heterocycles. The molecule has 0 fully saturated rings. The zero-order chi connectivity index (χ0) is 12.3. The van der Waals surface area contributed by atoms with E-state index in [4.69, 9.17) is 0 Å². The lowest BCUT2D eigenvalue weighted by molar-refractivity contribution is 0.297. The molecule has 0 aliphatic rings. The highest BCUT2D eigenvalue weighted by Gasteiger charge is 2.19. The fraction of sp³-hybridized carbons (Fsp3) is 0.714. The predicted octanol–water partition coefficient (Wildman–Crippen LogP) is 5.95. The molecule has 0 N–H and O–H groups in total. The summed E-state index contributed by atoms with van der Waals surface area (Å²) in [6.07, 6.45) is 2.52. The average molecular weight is 303 g/mol. The molecule has 0 spiro atoms. The van der Waals surface area contributed by atoms with E-state index in [9.17, 15) is 0 Å². The Kier molecular flexibility index (Phi) is 5.06. The summed E-state index contributed by atoms with van der Waals surface area (Å²) in [5.41, 5.74) is 0.442. The van der Waals surface area contributed by atoms with E-state index in [-0.39, 0.29) is 0 Å². The summed E-state index contributed by atoms with van der Waals surface area (Å²) in [5.74, 6) is 0.770. The minimum Gasteiger partial charge on any atom is -0.145 e. The summed E-state index contributed by atoms with van der Waals surface area (Å²) < 4.78 is 0. The summed E-state index contributed by atoms with van der Waals surface area (Å²) in [4.78, 5) is 3.41. The van der Waals surface area contributed by atoms with Gasteiger partial charge < -0.3 is 0 Å². The summed E-state index contributed by atoms with van der Waals surface area (Å²) in [7, 11) is 0. The molecule has 1 heterocycles. The maximum absolute atomic E-state index is 3.82. The molecule has 0 bridgehead atoms. The number of rotatable bonds is 4. The topological polar surface area (TPSA) is 0 Å². The van der Waals surface area contributed by atoms with Crippen LogP contribution in [0.4, 0.5) is 0 Å². The fourth-order valence-electron chi connectivity index (χ4n) is 2.22. The minimum atomic E-state index is 0.442. The summed E-state index contributed by atoms with van der Waals surface area (Å²) >= 11 is 5.73. The first-order chi connectivity index (χ1) is 7.28. The monoisotopic (exact) mass is 302 g/mol. The molecule has 0 saturated carbocycles. The van der Waals surface area contributed by atoms with E-state index >= 15 is 0 Å². The van der Waals surface area contributed by atoms with Crippen molar-refractivity contribution in [3.05, 3.63) is 21.9 Å². The molecule has 0 amide bonds. The number of thiophene rings is 1. The van der Waals surface area contributed by atoms with Crippen LogP contribution in [0.2, 0.25) is 0 Å². The Labute approximate surface area is 113 Å². The normalized spacial score (nSPS) is 16.1. The van der Waals surface area contributed by atoms with Crippen molar-refractivity contribution in [1.82, 2.24) is 0 Å². The Hall–Kier alpha value is 0.180. The second kappa shape index (κ2) is 5.68. The third-order valence-electron chi connectivity index (χ3n) is 2.64. The van der Waals surface area contributed by atoms with Crippen LogP contribution in [0, 0.1) is 18.3 Å². The molecule has 16 heavy (non-hydrogen) atoms. The molecule has 2 heteroatoms. The molecular weight excluding hydrogens is 280 g/mol. The van der Waals surface area contributed by atoms with Gasteiger partial charge in [0.25, 0.3) is 0 Å². The fourth-order valence-corrected chi connectivity index (χ4v) is 4.16. The van der Waals surface area contributed by atoms with Gasteiger partial charge in [-0.2, -0.15) is 0 Å². The maximum Gasteiger partial charge on any atom is 0.0491 e. The van der Waals surface area contributed by atoms with Crippen molar-refractivity contribution < 1.29 is 0 Å². The number of halogens is 1. The van der Waals surface area contributed by atoms with E-state index in [1.54, 1.807) is 0 Å². The van der Waals surface area contributed by atoms with Gasteiger partial charge in [-0.3, -0.25) is 0 Å². The zero-order valence-corrected chi connectivity index (χ0v) is 13.4. The second-order valence-corrected chi connectivity index (χ2v) is 8.45. The lowest BCUT2D eigenvalue weighted by Gasteiger charge is -2.24. The highest BCUT2D eigenvalue weighted by Crippen LogP contribution is 2.37. The highest BCUT2D eigenvalue weighted by atomic mass is 79.9. The first-order valence-corrected chi connectivity index (χ1v) is 7.71. The van der Waals surface area contributed by atoms with Gasteiger partial charge in [0.2, 0.25) is 0 Å². The van der Waals surface area contributed by atoms with Gasteiger partial charge in [-0.05, 0) is 43.2 Å². The van der Waals surface area contributed by atoms with E-state index in [2.05, 4.69) is 62.7 Å². The molecule has 92 valence electrons. The lowest BCUT2D eigenvalue weighted by Crippen LogP contribution is -2.12. The van der Waals surface area contributed by atoms with Gasteiger partial charge in [0.1, 0.15) is 0 Å². The van der Waals surface area contributed by atoms with Crippen LogP contribution in [0.5, 0.6) is 0 Å². The van der Waals surface area contributed by atoms with Crippen molar-refractivity contribution in [1.29, 1.82) is 0 Å². The Bertz CT molecular complexity index is 322. The zero-order valence-electron chi connectivity index (χ0n) is 11.0. The van der Waals surface area contributed by atoms with Crippen LogP contribution in [0.1, 0.15) is 55.1 Å². The van der Waals surface area contributed by atoms with Gasteiger partial charge in [0.05, 0.1) is 0 Å². The molecule has 0 radical (unpaired) electrons. The molecule has 1 aromatic rings. The van der Waals surface area contributed by atoms with Crippen LogP contribution in [0.15, 0.2) is 12.1 Å². The Morgan fingerprint density at radius 3 is 2.38 bits per heavy atom. The number of hydrogen-bond acceptors (Lipinski definition) is 1. The van der Waals surface area contributed by atoms with Crippen LogP contribution in [0.3, 0.4) is 0 Å². The average Bonchev–Trinajstić information content (AvgIpc) is 2.47. The highest BCUT2D eigenvalue weighted by molar-refractivity contribution is 9.09. The van der Waals surface area contributed by atoms with Crippen molar-refractivity contribution in [3.63, 3.8) is 0 Å². The Morgan fingerprint density at radius 1 is 1.31 bits per heavy atom. The van der Waals surface area contributed by atoms with Crippen molar-refractivity contribution in [2.24, 2.45) is 11.3 Å². The van der Waals surface area contributed by atoms with E-state index in [1.165, 1.54) is 22.6 Å². The SMILES string of the molecule is Cc1ccc(C(Br)CC(C)CC(C)(C)C)s1. The summed E-state index contributed by atoms with van der Waals surface area (Å²) in [6.45, 7) is 11.5. The number of alkyl halides is 1. The largest absolute Gasteiger partial charge is 0.145 e. The molecule has 0 saturated heterocycles. The second-order valence-electron chi connectivity index (χ2n) is 6.02. The van der Waals surface area contributed by atoms with E-state index in [1.807, 2.05) is 11.3 Å². The van der Waals surface area contributed by atoms with E-state index in [0.717, 1.165) is 5.92 Å². The minimum absolute atomic E-state index is 0.442. The molecule has 0 nitrogen and oxygen atoms in total. The van der Waals surface area contributed by atoms with Crippen LogP contribution < -0.4 is 0 Å². The molecular formula is C14H23BrS. The predicted molar refractivity (Wildman–Crippen MR) is 78.6 cm³/mol. The first-order valence-electron chi connectivity index (χ1n) is 5.98. The molecule has 1 aromatic heterocycles. The van der Waals surface area contributed by atoms with E-state index < -0.39 is 0 Å². The van der Waals surface area contributed by atoms with Crippen molar-refractivity contribution in [2.45, 2.75) is 52.3 Å². The van der Waals surface area contributed by atoms with Crippen LogP contribution in [-0.4, -0.2) is 0 Å². The van der Waals surface area contributed by atoms with E-state index in [0.29, 0.717) is 10.2 Å². The van der Waals surface area contributed by atoms with Gasteiger partial charge >= 0.3 is 0 Å². The van der Waals surface area contributed by atoms with Crippen LogP contribution >= 0.6 is 27.3 Å². The van der Waals surface area contributed by atoms with Crippen molar-refractivity contribution in [2.75, 3.05) is 0 Å². The van der Waals surface area contributed by atoms with Crippen LogP contribution in [0.25, 0.3) is 0 Å². The molecule has 1 rings (SSSR count). The Balaban J connectivity index is 2.48. The standard InChI is InChI=1S/C14H23BrS/c1-10(9-14(3,4)5)8-12(15)13-7-6-11(2)16-13/h6-7,10,12H,8-9H2,1-5H3. The third-order valence-corrected chi connectivity index (χ3v) is 4.92. The van der Waals surface area contributed by atoms with Crippen molar-refractivity contribution in [3.8, 4) is 0 Å². The van der Waals surface area contributed by atoms with Gasteiger partial charge in [-0.1, -0.05) is 43.6 Å². The maximum atomic E-state index is 3.82. The molecule has 0 aliphatic carbocycles. The summed E-state index contributed by atoms with van der Waals surface area (Å²) in [5, 5.41) is 0. The quantitative estimate of drug-likeness (QED) is 0.602. The number of hydrogen-bond donors (Lipinski definition) is 0. The smallest absolute Gasteiger partial charge is 0.0491 e. The third kappa shape index (κ3) is 5.01. The molecule has 2 unspecified atom stereocenters. The van der Waals surface area contributed by atoms with Gasteiger partial charge in [0.15, 0.2) is 0 Å². The van der Waals surface area contributed by atoms with Gasteiger partial charge in [-0.25, -0.2) is 0 Å². The van der Waals surface area contributed by atoms with Gasteiger partial charge in [0, 0.05) is 14.6 Å². The van der Waals surface area contributed by atoms with Crippen LogP contribution in [-0.2, 0) is 0 Å². The molecule has 0 aromatic carbocycles. The number of aryl methyl sites for hydroxylation is 1.